The van der Waals surface area contributed by atoms with Gasteiger partial charge in [-0.2, -0.15) is 0 Å². The van der Waals surface area contributed by atoms with Gasteiger partial charge in [0, 0.05) is 5.56 Å². The molecule has 0 unspecified atom stereocenters. The standard InChI is InChI=1S/C15H24N2O2/c1-5-18-13-10-11(14(16)17)6-7-12(13)19-9-8-15(2,3)4/h6-7,10H,5,8-9H2,1-4H3,(H3,16,17). The molecule has 0 aliphatic heterocycles. The monoisotopic (exact) mass is 264 g/mol. The molecule has 0 spiro atoms. The Balaban J connectivity index is 2.79. The number of rotatable bonds is 6. The third-order valence-electron chi connectivity index (χ3n) is 2.66. The molecule has 19 heavy (non-hydrogen) atoms. The molecule has 1 rings (SSSR count). The average Bonchev–Trinajstić information content (AvgIpc) is 2.29. The molecular weight excluding hydrogens is 240 g/mol. The number of nitrogens with two attached hydrogens (primary N) is 1. The van der Waals surface area contributed by atoms with Crippen molar-refractivity contribution in [2.24, 2.45) is 11.1 Å². The minimum atomic E-state index is 0.0298. The first-order chi connectivity index (χ1) is 8.83. The third-order valence-corrected chi connectivity index (χ3v) is 2.66. The molecule has 0 aliphatic carbocycles. The van der Waals surface area contributed by atoms with E-state index in [2.05, 4.69) is 20.8 Å². The van der Waals surface area contributed by atoms with Crippen molar-refractivity contribution in [1.82, 2.24) is 0 Å². The summed E-state index contributed by atoms with van der Waals surface area (Å²) >= 11 is 0. The van der Waals surface area contributed by atoms with Crippen LogP contribution in [-0.2, 0) is 0 Å². The topological polar surface area (TPSA) is 68.3 Å². The van der Waals surface area contributed by atoms with Gasteiger partial charge < -0.3 is 15.2 Å². The second kappa shape index (κ2) is 6.45. The third kappa shape index (κ3) is 5.20. The van der Waals surface area contributed by atoms with Gasteiger partial charge in [0.25, 0.3) is 0 Å². The Bertz CT molecular complexity index is 436. The fourth-order valence-electron chi connectivity index (χ4n) is 1.53. The summed E-state index contributed by atoms with van der Waals surface area (Å²) < 4.78 is 11.3. The van der Waals surface area contributed by atoms with Gasteiger partial charge in [0.1, 0.15) is 5.84 Å². The Morgan fingerprint density at radius 3 is 2.42 bits per heavy atom. The van der Waals surface area contributed by atoms with Crippen molar-refractivity contribution in [3.8, 4) is 11.5 Å². The number of nitrogens with one attached hydrogen (secondary N) is 1. The maximum Gasteiger partial charge on any atom is 0.161 e. The molecule has 0 bridgehead atoms. The van der Waals surface area contributed by atoms with Gasteiger partial charge in [-0.25, -0.2) is 0 Å². The molecule has 0 saturated heterocycles. The van der Waals surface area contributed by atoms with E-state index in [0.29, 0.717) is 30.3 Å². The Hall–Kier alpha value is -1.71. The van der Waals surface area contributed by atoms with Crippen LogP contribution in [0.4, 0.5) is 0 Å². The summed E-state index contributed by atoms with van der Waals surface area (Å²) in [5.41, 5.74) is 6.36. The molecule has 0 saturated carbocycles. The Labute approximate surface area is 115 Å². The highest BCUT2D eigenvalue weighted by molar-refractivity contribution is 5.95. The van der Waals surface area contributed by atoms with Crippen molar-refractivity contribution in [3.05, 3.63) is 23.8 Å². The molecule has 0 fully saturated rings. The van der Waals surface area contributed by atoms with E-state index in [-0.39, 0.29) is 11.3 Å². The second-order valence-electron chi connectivity index (χ2n) is 5.67. The molecule has 0 aromatic heterocycles. The SMILES string of the molecule is CCOc1cc(C(=N)N)ccc1OCCC(C)(C)C. The van der Waals surface area contributed by atoms with Crippen molar-refractivity contribution in [2.75, 3.05) is 13.2 Å². The smallest absolute Gasteiger partial charge is 0.161 e. The van der Waals surface area contributed by atoms with Crippen molar-refractivity contribution in [1.29, 1.82) is 5.41 Å². The molecule has 0 radical (unpaired) electrons. The minimum Gasteiger partial charge on any atom is -0.490 e. The molecule has 0 heterocycles. The summed E-state index contributed by atoms with van der Waals surface area (Å²) in [7, 11) is 0. The molecule has 106 valence electrons. The molecule has 0 aliphatic rings. The maximum absolute atomic E-state index is 7.44. The van der Waals surface area contributed by atoms with Crippen LogP contribution in [0.15, 0.2) is 18.2 Å². The Morgan fingerprint density at radius 2 is 1.89 bits per heavy atom. The summed E-state index contributed by atoms with van der Waals surface area (Å²) in [4.78, 5) is 0. The second-order valence-corrected chi connectivity index (χ2v) is 5.67. The zero-order valence-corrected chi connectivity index (χ0v) is 12.2. The van der Waals surface area contributed by atoms with Gasteiger partial charge in [-0.05, 0) is 37.0 Å². The van der Waals surface area contributed by atoms with Gasteiger partial charge in [0.15, 0.2) is 11.5 Å². The fourth-order valence-corrected chi connectivity index (χ4v) is 1.53. The molecule has 3 N–H and O–H groups in total. The summed E-state index contributed by atoms with van der Waals surface area (Å²) in [6.45, 7) is 9.65. The molecule has 4 heteroatoms. The first kappa shape index (κ1) is 15.3. The number of hydrogen-bond acceptors (Lipinski definition) is 3. The van der Waals surface area contributed by atoms with E-state index in [1.54, 1.807) is 12.1 Å². The maximum atomic E-state index is 7.44. The molecule has 0 amide bonds. The van der Waals surface area contributed by atoms with Crippen LogP contribution in [0.5, 0.6) is 11.5 Å². The lowest BCUT2D eigenvalue weighted by Crippen LogP contribution is -2.13. The van der Waals surface area contributed by atoms with Crippen LogP contribution in [0, 0.1) is 10.8 Å². The highest BCUT2D eigenvalue weighted by Gasteiger charge is 2.12. The van der Waals surface area contributed by atoms with E-state index in [9.17, 15) is 0 Å². The van der Waals surface area contributed by atoms with Gasteiger partial charge in [0.05, 0.1) is 13.2 Å². The van der Waals surface area contributed by atoms with Crippen LogP contribution in [-0.4, -0.2) is 19.0 Å². The first-order valence-corrected chi connectivity index (χ1v) is 6.57. The quantitative estimate of drug-likeness (QED) is 0.612. The highest BCUT2D eigenvalue weighted by atomic mass is 16.5. The first-order valence-electron chi connectivity index (χ1n) is 6.57. The van der Waals surface area contributed by atoms with Crippen molar-refractivity contribution in [2.45, 2.75) is 34.1 Å². The number of nitrogen functional groups attached to an aromatic ring is 1. The largest absolute Gasteiger partial charge is 0.490 e. The van der Waals surface area contributed by atoms with Crippen LogP contribution in [0.1, 0.15) is 39.7 Å². The number of benzene rings is 1. The zero-order chi connectivity index (χ0) is 14.5. The zero-order valence-electron chi connectivity index (χ0n) is 12.2. The van der Waals surface area contributed by atoms with Crippen molar-refractivity contribution < 1.29 is 9.47 Å². The lowest BCUT2D eigenvalue weighted by Gasteiger charge is -2.19. The molecule has 4 nitrogen and oxygen atoms in total. The lowest BCUT2D eigenvalue weighted by molar-refractivity contribution is 0.229. The average molecular weight is 264 g/mol. The summed E-state index contributed by atoms with van der Waals surface area (Å²) in [6.07, 6.45) is 0.965. The number of hydrogen-bond donors (Lipinski definition) is 2. The number of amidine groups is 1. The van der Waals surface area contributed by atoms with Crippen LogP contribution >= 0.6 is 0 Å². The molecular formula is C15H24N2O2. The Morgan fingerprint density at radius 1 is 1.21 bits per heavy atom. The van der Waals surface area contributed by atoms with E-state index in [0.717, 1.165) is 6.42 Å². The van der Waals surface area contributed by atoms with Gasteiger partial charge in [-0.15, -0.1) is 0 Å². The molecule has 1 aromatic carbocycles. The van der Waals surface area contributed by atoms with Crippen molar-refractivity contribution in [3.63, 3.8) is 0 Å². The van der Waals surface area contributed by atoms with E-state index in [1.165, 1.54) is 0 Å². The van der Waals surface area contributed by atoms with Crippen LogP contribution in [0.2, 0.25) is 0 Å². The predicted molar refractivity (Wildman–Crippen MR) is 78.2 cm³/mol. The fraction of sp³-hybridized carbons (Fsp3) is 0.533. The summed E-state index contributed by atoms with van der Waals surface area (Å²) in [5.74, 6) is 1.38. The van der Waals surface area contributed by atoms with Crippen LogP contribution < -0.4 is 15.2 Å². The van der Waals surface area contributed by atoms with Gasteiger partial charge >= 0.3 is 0 Å². The van der Waals surface area contributed by atoms with Gasteiger partial charge in [0.2, 0.25) is 0 Å². The van der Waals surface area contributed by atoms with E-state index in [4.69, 9.17) is 20.6 Å². The molecule has 1 aromatic rings. The van der Waals surface area contributed by atoms with E-state index >= 15 is 0 Å². The summed E-state index contributed by atoms with van der Waals surface area (Å²) in [6, 6.07) is 5.33. The predicted octanol–water partition coefficient (Wildman–Crippen LogP) is 3.18. The summed E-state index contributed by atoms with van der Waals surface area (Å²) in [5, 5.41) is 7.44. The van der Waals surface area contributed by atoms with Crippen molar-refractivity contribution >= 4 is 5.84 Å². The van der Waals surface area contributed by atoms with Crippen LogP contribution in [0.25, 0.3) is 0 Å². The van der Waals surface area contributed by atoms with E-state index < -0.39 is 0 Å². The highest BCUT2D eigenvalue weighted by Crippen LogP contribution is 2.29. The normalized spacial score (nSPS) is 11.2. The van der Waals surface area contributed by atoms with Crippen LogP contribution in [0.3, 0.4) is 0 Å². The molecule has 0 atom stereocenters. The number of ether oxygens (including phenoxy) is 2. The Kier molecular flexibility index (Phi) is 5.21. The van der Waals surface area contributed by atoms with E-state index in [1.807, 2.05) is 13.0 Å². The minimum absolute atomic E-state index is 0.0298. The lowest BCUT2D eigenvalue weighted by atomic mass is 9.93. The van der Waals surface area contributed by atoms with Gasteiger partial charge in [-0.1, -0.05) is 20.8 Å². The van der Waals surface area contributed by atoms with Gasteiger partial charge in [-0.3, -0.25) is 5.41 Å².